The number of aromatic nitrogens is 1. The number of likely N-dealkylation sites (tertiary alicyclic amines) is 1. The first-order valence-electron chi connectivity index (χ1n) is 10.6. The lowest BCUT2D eigenvalue weighted by Crippen LogP contribution is -2.43. The maximum Gasteiger partial charge on any atom is 0.411 e. The number of rotatable bonds is 6. The van der Waals surface area contributed by atoms with Gasteiger partial charge in [-0.25, -0.2) is 9.59 Å². The molecule has 3 atom stereocenters. The van der Waals surface area contributed by atoms with Crippen molar-refractivity contribution < 1.29 is 24.2 Å². The van der Waals surface area contributed by atoms with E-state index in [1.54, 1.807) is 38.3 Å². The monoisotopic (exact) mass is 458 g/mol. The molecule has 0 spiro atoms. The predicted molar refractivity (Wildman–Crippen MR) is 124 cm³/mol. The van der Waals surface area contributed by atoms with Crippen LogP contribution >= 0.6 is 11.3 Å². The van der Waals surface area contributed by atoms with Crippen LogP contribution in [0.2, 0.25) is 0 Å². The summed E-state index contributed by atoms with van der Waals surface area (Å²) in [6, 6.07) is 6.80. The Hall–Kier alpha value is -2.87. The van der Waals surface area contributed by atoms with E-state index in [0.29, 0.717) is 5.76 Å². The van der Waals surface area contributed by atoms with Crippen LogP contribution in [0.15, 0.2) is 41.9 Å². The van der Waals surface area contributed by atoms with E-state index in [2.05, 4.69) is 4.98 Å². The Morgan fingerprint density at radius 2 is 2.06 bits per heavy atom. The summed E-state index contributed by atoms with van der Waals surface area (Å²) in [5.41, 5.74) is 1.27. The van der Waals surface area contributed by atoms with Gasteiger partial charge in [0, 0.05) is 24.2 Å². The molecule has 1 N–H and O–H groups in total. The molecule has 3 heterocycles. The smallest absolute Gasteiger partial charge is 0.411 e. The van der Waals surface area contributed by atoms with Gasteiger partial charge in [0.15, 0.2) is 0 Å². The van der Waals surface area contributed by atoms with Gasteiger partial charge >= 0.3 is 12.1 Å². The van der Waals surface area contributed by atoms with Gasteiger partial charge in [0.05, 0.1) is 11.4 Å². The summed E-state index contributed by atoms with van der Waals surface area (Å²) in [7, 11) is 0. The van der Waals surface area contributed by atoms with E-state index in [0.717, 1.165) is 16.1 Å². The molecule has 32 heavy (non-hydrogen) atoms. The van der Waals surface area contributed by atoms with E-state index in [9.17, 15) is 14.7 Å². The number of hydrogen-bond donors (Lipinski definition) is 1. The number of carboxylic acids is 1. The average molecular weight is 459 g/mol. The zero-order chi connectivity index (χ0) is 23.5. The number of allylic oxidation sites excluding steroid dienone is 1. The normalized spacial score (nSPS) is 20.2. The highest BCUT2D eigenvalue weighted by molar-refractivity contribution is 7.11. The first-order chi connectivity index (χ1) is 15.0. The molecule has 0 aromatic carbocycles. The van der Waals surface area contributed by atoms with E-state index in [-0.39, 0.29) is 18.9 Å². The second-order valence-corrected chi connectivity index (χ2v) is 9.89. The predicted octanol–water partition coefficient (Wildman–Crippen LogP) is 5.08. The number of thiophene rings is 1. The maximum absolute atomic E-state index is 12.6. The van der Waals surface area contributed by atoms with Gasteiger partial charge in [0.25, 0.3) is 0 Å². The summed E-state index contributed by atoms with van der Waals surface area (Å²) in [5.74, 6) is -0.399. The summed E-state index contributed by atoms with van der Waals surface area (Å²) in [5, 5.41) is 11.7. The third-order valence-electron chi connectivity index (χ3n) is 5.11. The van der Waals surface area contributed by atoms with Crippen molar-refractivity contribution >= 4 is 29.2 Å². The van der Waals surface area contributed by atoms with Crippen molar-refractivity contribution in [2.24, 2.45) is 0 Å². The second-order valence-electron chi connectivity index (χ2n) is 8.97. The van der Waals surface area contributed by atoms with Gasteiger partial charge in [0.1, 0.15) is 23.5 Å². The Labute approximate surface area is 192 Å². The van der Waals surface area contributed by atoms with Gasteiger partial charge in [-0.3, -0.25) is 9.88 Å². The minimum absolute atomic E-state index is 0.00803. The number of ether oxygens (including phenoxy) is 2. The number of hydrogen-bond acceptors (Lipinski definition) is 6. The molecule has 0 bridgehead atoms. The van der Waals surface area contributed by atoms with Crippen LogP contribution in [-0.2, 0) is 14.3 Å². The first-order valence-corrected chi connectivity index (χ1v) is 11.5. The molecule has 2 aromatic heterocycles. The van der Waals surface area contributed by atoms with Gasteiger partial charge in [-0.1, -0.05) is 13.0 Å². The van der Waals surface area contributed by atoms with Crippen LogP contribution in [-0.4, -0.2) is 51.3 Å². The fourth-order valence-electron chi connectivity index (χ4n) is 3.57. The van der Waals surface area contributed by atoms with Gasteiger partial charge in [-0.05, 0) is 62.9 Å². The van der Waals surface area contributed by atoms with Gasteiger partial charge < -0.3 is 14.6 Å². The molecule has 3 rings (SSSR count). The van der Waals surface area contributed by atoms with E-state index >= 15 is 0 Å². The molecule has 8 heteroatoms. The van der Waals surface area contributed by atoms with Gasteiger partial charge in [0.2, 0.25) is 0 Å². The third kappa shape index (κ3) is 5.88. The highest BCUT2D eigenvalue weighted by Crippen LogP contribution is 2.33. The first kappa shape index (κ1) is 23.8. The topological polar surface area (TPSA) is 89.0 Å². The molecular formula is C24H30N2O5S. The molecule has 1 aliphatic heterocycles. The zero-order valence-corrected chi connectivity index (χ0v) is 19.9. The number of amides is 1. The highest BCUT2D eigenvalue weighted by atomic mass is 32.1. The van der Waals surface area contributed by atoms with Crippen molar-refractivity contribution in [3.63, 3.8) is 0 Å². The number of nitrogens with zero attached hydrogens (tertiary/aromatic N) is 2. The summed E-state index contributed by atoms with van der Waals surface area (Å²) in [6.07, 6.45) is 2.84. The molecule has 1 aliphatic rings. The summed E-state index contributed by atoms with van der Waals surface area (Å²) >= 11 is 1.57. The van der Waals surface area contributed by atoms with Gasteiger partial charge in [-0.15, -0.1) is 11.3 Å². The number of pyridine rings is 1. The van der Waals surface area contributed by atoms with Crippen LogP contribution in [0.3, 0.4) is 0 Å². The van der Waals surface area contributed by atoms with Crippen LogP contribution in [0.25, 0.3) is 5.76 Å². The number of carbonyl (C=O) groups excluding carboxylic acids is 1. The molecule has 1 saturated heterocycles. The SMILES string of the molecule is Cc1ccsc1/C(=C\C(C)c1ccccn1)O[C@@H]1C[C@@H](C(=O)O)N(C(=O)OC(C)(C)C)C1. The zero-order valence-electron chi connectivity index (χ0n) is 19.1. The Balaban J connectivity index is 1.85. The van der Waals surface area contributed by atoms with Crippen molar-refractivity contribution in [1.29, 1.82) is 0 Å². The number of carboxylic acid groups (broad SMARTS) is 1. The van der Waals surface area contributed by atoms with E-state index in [1.807, 2.05) is 49.6 Å². The lowest BCUT2D eigenvalue weighted by atomic mass is 10.0. The molecule has 2 aromatic rings. The molecule has 0 radical (unpaired) electrons. The maximum atomic E-state index is 12.6. The van der Waals surface area contributed by atoms with E-state index in [1.165, 1.54) is 4.90 Å². The summed E-state index contributed by atoms with van der Waals surface area (Å²) < 4.78 is 11.8. The van der Waals surface area contributed by atoms with Crippen molar-refractivity contribution in [2.45, 2.75) is 64.7 Å². The van der Waals surface area contributed by atoms with Crippen molar-refractivity contribution in [3.05, 3.63) is 58.1 Å². The Morgan fingerprint density at radius 1 is 1.31 bits per heavy atom. The minimum Gasteiger partial charge on any atom is -0.487 e. The van der Waals surface area contributed by atoms with Crippen LogP contribution in [0.4, 0.5) is 4.79 Å². The Bertz CT molecular complexity index is 980. The lowest BCUT2D eigenvalue weighted by molar-refractivity contribution is -0.142. The fraction of sp³-hybridized carbons (Fsp3) is 0.458. The fourth-order valence-corrected chi connectivity index (χ4v) is 4.46. The third-order valence-corrected chi connectivity index (χ3v) is 6.14. The average Bonchev–Trinajstić information content (AvgIpc) is 3.33. The van der Waals surface area contributed by atoms with Crippen LogP contribution in [0.1, 0.15) is 56.2 Å². The number of aliphatic carboxylic acids is 1. The van der Waals surface area contributed by atoms with Crippen LogP contribution in [0.5, 0.6) is 0 Å². The molecule has 7 nitrogen and oxygen atoms in total. The Morgan fingerprint density at radius 3 is 2.62 bits per heavy atom. The quantitative estimate of drug-likeness (QED) is 0.608. The number of carbonyl (C=O) groups is 2. The van der Waals surface area contributed by atoms with Crippen LogP contribution < -0.4 is 0 Å². The highest BCUT2D eigenvalue weighted by Gasteiger charge is 2.43. The van der Waals surface area contributed by atoms with Crippen LogP contribution in [0, 0.1) is 6.92 Å². The Kier molecular flexibility index (Phi) is 7.23. The molecular weight excluding hydrogens is 428 g/mol. The van der Waals surface area contributed by atoms with Crippen molar-refractivity contribution in [2.75, 3.05) is 6.54 Å². The minimum atomic E-state index is -1.07. The molecule has 1 unspecified atom stereocenters. The number of aryl methyl sites for hydroxylation is 1. The molecule has 0 saturated carbocycles. The standard InChI is InChI=1S/C24H30N2O5S/c1-15-9-11-32-21(15)20(12-16(2)18-8-6-7-10-25-18)30-17-13-19(22(27)28)26(14-17)23(29)31-24(3,4)5/h6-12,16-17,19H,13-14H2,1-5H3,(H,27,28)/b20-12+/t16?,17-,19+/m1/s1. The summed E-state index contributed by atoms with van der Waals surface area (Å²) in [4.78, 5) is 31.1. The molecule has 1 amide bonds. The van der Waals surface area contributed by atoms with Gasteiger partial charge in [-0.2, -0.15) is 0 Å². The molecule has 0 aliphatic carbocycles. The van der Waals surface area contributed by atoms with E-state index in [4.69, 9.17) is 9.47 Å². The van der Waals surface area contributed by atoms with Crippen molar-refractivity contribution in [3.8, 4) is 0 Å². The largest absolute Gasteiger partial charge is 0.487 e. The lowest BCUT2D eigenvalue weighted by Gasteiger charge is -2.26. The van der Waals surface area contributed by atoms with Crippen molar-refractivity contribution in [1.82, 2.24) is 9.88 Å². The molecule has 1 fully saturated rings. The summed E-state index contributed by atoms with van der Waals surface area (Å²) in [6.45, 7) is 9.45. The second kappa shape index (κ2) is 9.73. The van der Waals surface area contributed by atoms with E-state index < -0.39 is 29.8 Å². The molecule has 172 valence electrons.